The fourth-order valence-corrected chi connectivity index (χ4v) is 2.97. The highest BCUT2D eigenvalue weighted by Gasteiger charge is 2.18. The summed E-state index contributed by atoms with van der Waals surface area (Å²) in [4.78, 5) is 9.71. The summed E-state index contributed by atoms with van der Waals surface area (Å²) in [5.74, 6) is 0.617. The highest BCUT2D eigenvalue weighted by molar-refractivity contribution is 5.79. The Morgan fingerprint density at radius 3 is 2.21 bits per heavy atom. The van der Waals surface area contributed by atoms with Crippen molar-refractivity contribution in [3.05, 3.63) is 65.6 Å². The first-order valence-electron chi connectivity index (χ1n) is 8.18. The smallest absolute Gasteiger partial charge is 0.148 e. The quantitative estimate of drug-likeness (QED) is 0.749. The summed E-state index contributed by atoms with van der Waals surface area (Å²) in [5, 5.41) is 3.34. The van der Waals surface area contributed by atoms with Gasteiger partial charge in [-0.1, -0.05) is 29.8 Å². The zero-order chi connectivity index (χ0) is 16.5. The predicted molar refractivity (Wildman–Crippen MR) is 94.4 cm³/mol. The monoisotopic (exact) mass is 319 g/mol. The summed E-state index contributed by atoms with van der Waals surface area (Å²) in [6.45, 7) is 2.98. The molecule has 1 N–H and O–H groups in total. The van der Waals surface area contributed by atoms with Gasteiger partial charge in [0.1, 0.15) is 11.6 Å². The molecule has 0 bridgehead atoms. The van der Waals surface area contributed by atoms with E-state index in [1.807, 2.05) is 0 Å². The van der Waals surface area contributed by atoms with Crippen LogP contribution in [0.1, 0.15) is 17.7 Å². The Kier molecular flexibility index (Phi) is 3.73. The van der Waals surface area contributed by atoms with Crippen LogP contribution in [-0.4, -0.2) is 16.5 Å². The molecule has 0 saturated carbocycles. The molecule has 0 unspecified atom stereocenters. The molecule has 1 aromatic heterocycles. The number of hydrogen-bond donors (Lipinski definition) is 1. The minimum Gasteiger partial charge on any atom is -0.369 e. The number of anilines is 1. The van der Waals surface area contributed by atoms with Crippen molar-refractivity contribution < 1.29 is 4.39 Å². The SMILES string of the molecule is Cc1ccc(-c2nc3c(nc2-c2ccc(F)cc2)CCCN3)cc1. The van der Waals surface area contributed by atoms with E-state index < -0.39 is 0 Å². The third-order valence-electron chi connectivity index (χ3n) is 4.29. The summed E-state index contributed by atoms with van der Waals surface area (Å²) in [6, 6.07) is 14.7. The molecule has 2 aromatic carbocycles. The average Bonchev–Trinajstić information content (AvgIpc) is 2.62. The minimum atomic E-state index is -0.247. The fraction of sp³-hybridized carbons (Fsp3) is 0.200. The van der Waals surface area contributed by atoms with Gasteiger partial charge >= 0.3 is 0 Å². The maximum absolute atomic E-state index is 13.3. The molecule has 2 heterocycles. The summed E-state index contributed by atoms with van der Waals surface area (Å²) in [5.41, 5.74) is 5.72. The molecule has 0 aliphatic carbocycles. The number of nitrogens with zero attached hydrogens (tertiary/aromatic N) is 2. The molecule has 0 radical (unpaired) electrons. The largest absolute Gasteiger partial charge is 0.369 e. The van der Waals surface area contributed by atoms with Crippen LogP contribution in [0.15, 0.2) is 48.5 Å². The molecule has 0 atom stereocenters. The Balaban J connectivity index is 1.92. The number of halogens is 1. The Morgan fingerprint density at radius 2 is 1.50 bits per heavy atom. The van der Waals surface area contributed by atoms with E-state index in [4.69, 9.17) is 9.97 Å². The van der Waals surface area contributed by atoms with Gasteiger partial charge in [-0.2, -0.15) is 0 Å². The van der Waals surface area contributed by atoms with Crippen molar-refractivity contribution in [2.75, 3.05) is 11.9 Å². The molecule has 0 spiro atoms. The molecule has 4 rings (SSSR count). The van der Waals surface area contributed by atoms with Gasteiger partial charge in [-0.3, -0.25) is 0 Å². The molecule has 1 aliphatic rings. The Hall–Kier alpha value is -2.75. The molecule has 3 nitrogen and oxygen atoms in total. The molecule has 0 saturated heterocycles. The van der Waals surface area contributed by atoms with Crippen molar-refractivity contribution in [1.29, 1.82) is 0 Å². The molecule has 3 aromatic rings. The van der Waals surface area contributed by atoms with Crippen molar-refractivity contribution in [2.45, 2.75) is 19.8 Å². The van der Waals surface area contributed by atoms with E-state index in [0.717, 1.165) is 53.4 Å². The van der Waals surface area contributed by atoms with E-state index in [-0.39, 0.29) is 5.82 Å². The van der Waals surface area contributed by atoms with Gasteiger partial charge in [0.05, 0.1) is 17.1 Å². The van der Waals surface area contributed by atoms with Gasteiger partial charge in [-0.25, -0.2) is 14.4 Å². The van der Waals surface area contributed by atoms with Crippen LogP contribution in [0.5, 0.6) is 0 Å². The van der Waals surface area contributed by atoms with Gasteiger partial charge in [-0.05, 0) is 44.0 Å². The topological polar surface area (TPSA) is 37.8 Å². The Labute approximate surface area is 140 Å². The second-order valence-corrected chi connectivity index (χ2v) is 6.12. The van der Waals surface area contributed by atoms with Crippen molar-refractivity contribution in [1.82, 2.24) is 9.97 Å². The molecule has 0 fully saturated rings. The van der Waals surface area contributed by atoms with Crippen LogP contribution in [0.2, 0.25) is 0 Å². The highest BCUT2D eigenvalue weighted by atomic mass is 19.1. The summed E-state index contributed by atoms with van der Waals surface area (Å²) >= 11 is 0. The van der Waals surface area contributed by atoms with Gasteiger partial charge in [0.2, 0.25) is 0 Å². The molecular weight excluding hydrogens is 301 g/mol. The second kappa shape index (κ2) is 6.04. The lowest BCUT2D eigenvalue weighted by Gasteiger charge is -2.19. The third kappa shape index (κ3) is 2.75. The number of hydrogen-bond acceptors (Lipinski definition) is 3. The van der Waals surface area contributed by atoms with Gasteiger partial charge < -0.3 is 5.32 Å². The van der Waals surface area contributed by atoms with Crippen LogP contribution in [0.3, 0.4) is 0 Å². The summed E-state index contributed by atoms with van der Waals surface area (Å²) in [6.07, 6.45) is 1.96. The molecule has 120 valence electrons. The summed E-state index contributed by atoms with van der Waals surface area (Å²) in [7, 11) is 0. The number of fused-ring (bicyclic) bond motifs is 1. The van der Waals surface area contributed by atoms with Crippen molar-refractivity contribution in [3.8, 4) is 22.5 Å². The van der Waals surface area contributed by atoms with E-state index in [0.29, 0.717) is 0 Å². The maximum atomic E-state index is 13.3. The zero-order valence-corrected chi connectivity index (χ0v) is 13.5. The summed E-state index contributed by atoms with van der Waals surface area (Å²) < 4.78 is 13.3. The first-order valence-corrected chi connectivity index (χ1v) is 8.18. The van der Waals surface area contributed by atoms with E-state index >= 15 is 0 Å². The van der Waals surface area contributed by atoms with Crippen LogP contribution in [0, 0.1) is 12.7 Å². The number of benzene rings is 2. The van der Waals surface area contributed by atoms with Crippen LogP contribution in [0.4, 0.5) is 10.2 Å². The van der Waals surface area contributed by atoms with E-state index in [1.54, 1.807) is 12.1 Å². The standard InChI is InChI=1S/C20H18FN3/c1-13-4-6-14(7-5-13)19-18(15-8-10-16(21)11-9-15)23-17-3-2-12-22-20(17)24-19/h4-11H,2-3,12H2,1H3,(H,22,24). The fourth-order valence-electron chi connectivity index (χ4n) is 2.97. The molecule has 4 heteroatoms. The van der Waals surface area contributed by atoms with E-state index in [9.17, 15) is 4.39 Å². The normalized spacial score (nSPS) is 13.2. The number of rotatable bonds is 2. The van der Waals surface area contributed by atoms with Crippen molar-refractivity contribution in [3.63, 3.8) is 0 Å². The van der Waals surface area contributed by atoms with Crippen molar-refractivity contribution in [2.24, 2.45) is 0 Å². The lowest BCUT2D eigenvalue weighted by molar-refractivity contribution is 0.628. The van der Waals surface area contributed by atoms with Gasteiger partial charge in [-0.15, -0.1) is 0 Å². The molecule has 0 amide bonds. The van der Waals surface area contributed by atoms with Gasteiger partial charge in [0, 0.05) is 17.7 Å². The Morgan fingerprint density at radius 1 is 0.875 bits per heavy atom. The van der Waals surface area contributed by atoms with Crippen LogP contribution in [-0.2, 0) is 6.42 Å². The first kappa shape index (κ1) is 14.8. The number of aryl methyl sites for hydroxylation is 2. The van der Waals surface area contributed by atoms with E-state index in [1.165, 1.54) is 17.7 Å². The minimum absolute atomic E-state index is 0.247. The number of nitrogens with one attached hydrogen (secondary N) is 1. The van der Waals surface area contributed by atoms with Crippen molar-refractivity contribution >= 4 is 5.82 Å². The van der Waals surface area contributed by atoms with Crippen LogP contribution < -0.4 is 5.32 Å². The third-order valence-corrected chi connectivity index (χ3v) is 4.29. The molecule has 1 aliphatic heterocycles. The zero-order valence-electron chi connectivity index (χ0n) is 13.5. The second-order valence-electron chi connectivity index (χ2n) is 6.12. The first-order chi connectivity index (χ1) is 11.7. The molecular formula is C20H18FN3. The van der Waals surface area contributed by atoms with Gasteiger partial charge in [0.25, 0.3) is 0 Å². The lowest BCUT2D eigenvalue weighted by Crippen LogP contribution is -2.16. The lowest BCUT2D eigenvalue weighted by atomic mass is 10.0. The molecule has 24 heavy (non-hydrogen) atoms. The van der Waals surface area contributed by atoms with Crippen LogP contribution >= 0.6 is 0 Å². The average molecular weight is 319 g/mol. The predicted octanol–water partition coefficient (Wildman–Crippen LogP) is 4.62. The maximum Gasteiger partial charge on any atom is 0.148 e. The van der Waals surface area contributed by atoms with E-state index in [2.05, 4.69) is 36.5 Å². The highest BCUT2D eigenvalue weighted by Crippen LogP contribution is 2.33. The van der Waals surface area contributed by atoms with Gasteiger partial charge in [0.15, 0.2) is 0 Å². The Bertz CT molecular complexity index is 796. The number of aromatic nitrogens is 2. The van der Waals surface area contributed by atoms with Crippen LogP contribution in [0.25, 0.3) is 22.5 Å².